The highest BCUT2D eigenvalue weighted by molar-refractivity contribution is 5.95. The van der Waals surface area contributed by atoms with Gasteiger partial charge in [-0.3, -0.25) is 9.59 Å². The van der Waals surface area contributed by atoms with Gasteiger partial charge in [-0.25, -0.2) is 4.98 Å². The second-order valence-electron chi connectivity index (χ2n) is 7.26. The predicted octanol–water partition coefficient (Wildman–Crippen LogP) is 3.75. The van der Waals surface area contributed by atoms with Crippen molar-refractivity contribution in [2.45, 2.75) is 46.2 Å². The highest BCUT2D eigenvalue weighted by atomic mass is 16.2. The summed E-state index contributed by atoms with van der Waals surface area (Å²) in [7, 11) is 0. The Morgan fingerprint density at radius 2 is 1.83 bits per heavy atom. The molecule has 0 aliphatic heterocycles. The Labute approximate surface area is 171 Å². The van der Waals surface area contributed by atoms with Gasteiger partial charge in [-0.2, -0.15) is 0 Å². The number of fused-ring (bicyclic) bond motifs is 1. The highest BCUT2D eigenvalue weighted by Gasteiger charge is 2.21. The van der Waals surface area contributed by atoms with Crippen LogP contribution >= 0.6 is 0 Å². The lowest BCUT2D eigenvalue weighted by atomic mass is 10.1. The van der Waals surface area contributed by atoms with Gasteiger partial charge in [0.15, 0.2) is 0 Å². The van der Waals surface area contributed by atoms with E-state index in [1.165, 1.54) is 0 Å². The minimum absolute atomic E-state index is 0.0553. The van der Waals surface area contributed by atoms with E-state index < -0.39 is 0 Å². The topological polar surface area (TPSA) is 76.0 Å². The number of imidazole rings is 1. The summed E-state index contributed by atoms with van der Waals surface area (Å²) in [5.74, 6) is 0.459. The van der Waals surface area contributed by atoms with E-state index in [0.29, 0.717) is 17.9 Å². The number of unbranched alkanes of at least 4 members (excludes halogenated alkanes) is 1. The second-order valence-corrected chi connectivity index (χ2v) is 7.26. The Morgan fingerprint density at radius 3 is 2.59 bits per heavy atom. The third kappa shape index (κ3) is 4.83. The zero-order valence-electron chi connectivity index (χ0n) is 17.2. The van der Waals surface area contributed by atoms with Gasteiger partial charge in [-0.05, 0) is 44.0 Å². The monoisotopic (exact) mass is 392 g/mol. The first-order chi connectivity index (χ1) is 14.0. The number of nitrogens with zero attached hydrogens (tertiary/aromatic N) is 2. The molecule has 0 aliphatic carbocycles. The quantitative estimate of drug-likeness (QED) is 0.573. The number of hydrogen-bond donors (Lipinski definition) is 2. The largest absolute Gasteiger partial charge is 0.355 e. The maximum Gasteiger partial charge on any atom is 0.252 e. The van der Waals surface area contributed by atoms with Gasteiger partial charge in [-0.15, -0.1) is 0 Å². The molecule has 6 heteroatoms. The van der Waals surface area contributed by atoms with E-state index in [4.69, 9.17) is 4.98 Å². The van der Waals surface area contributed by atoms with Crippen molar-refractivity contribution in [1.29, 1.82) is 0 Å². The third-order valence-corrected chi connectivity index (χ3v) is 4.96. The van der Waals surface area contributed by atoms with Crippen LogP contribution in [0.1, 0.15) is 54.5 Å². The Hall–Kier alpha value is -3.15. The molecule has 1 unspecified atom stereocenters. The number of nitrogens with one attached hydrogen (secondary N) is 2. The van der Waals surface area contributed by atoms with E-state index in [2.05, 4.69) is 17.6 Å². The molecule has 0 fully saturated rings. The Balaban J connectivity index is 1.85. The molecule has 152 valence electrons. The number of rotatable bonds is 8. The molecule has 29 heavy (non-hydrogen) atoms. The van der Waals surface area contributed by atoms with Crippen molar-refractivity contribution in [3.8, 4) is 0 Å². The highest BCUT2D eigenvalue weighted by Crippen LogP contribution is 2.21. The van der Waals surface area contributed by atoms with Crippen molar-refractivity contribution in [3.63, 3.8) is 0 Å². The predicted molar refractivity (Wildman–Crippen MR) is 115 cm³/mol. The van der Waals surface area contributed by atoms with Crippen LogP contribution in [0.5, 0.6) is 0 Å². The van der Waals surface area contributed by atoms with Crippen LogP contribution in [0.25, 0.3) is 11.0 Å². The summed E-state index contributed by atoms with van der Waals surface area (Å²) in [6, 6.07) is 14.8. The first-order valence-electron chi connectivity index (χ1n) is 10.1. The lowest BCUT2D eigenvalue weighted by Gasteiger charge is -2.17. The van der Waals surface area contributed by atoms with Crippen molar-refractivity contribution in [3.05, 3.63) is 65.5 Å². The number of carbonyl (C=O) groups is 2. The molecule has 0 spiro atoms. The summed E-state index contributed by atoms with van der Waals surface area (Å²) in [4.78, 5) is 29.9. The fourth-order valence-corrected chi connectivity index (χ4v) is 3.36. The van der Waals surface area contributed by atoms with Crippen LogP contribution in [-0.2, 0) is 11.3 Å². The van der Waals surface area contributed by atoms with Gasteiger partial charge in [0.2, 0.25) is 5.91 Å². The molecule has 0 saturated heterocycles. The van der Waals surface area contributed by atoms with Gasteiger partial charge in [0.25, 0.3) is 5.91 Å². The molecular weight excluding hydrogens is 364 g/mol. The van der Waals surface area contributed by atoms with Gasteiger partial charge in [-0.1, -0.05) is 43.7 Å². The maximum atomic E-state index is 12.7. The number of carbonyl (C=O) groups excluding carboxylic acids is 2. The van der Waals surface area contributed by atoms with E-state index in [1.54, 1.807) is 0 Å². The van der Waals surface area contributed by atoms with E-state index in [-0.39, 0.29) is 24.4 Å². The first kappa shape index (κ1) is 20.6. The molecule has 1 aromatic heterocycles. The second kappa shape index (κ2) is 9.37. The molecule has 2 amide bonds. The Kier molecular flexibility index (Phi) is 6.65. The van der Waals surface area contributed by atoms with Crippen LogP contribution in [0, 0.1) is 6.92 Å². The van der Waals surface area contributed by atoms with E-state index in [9.17, 15) is 9.59 Å². The summed E-state index contributed by atoms with van der Waals surface area (Å²) >= 11 is 0. The molecule has 0 saturated carbocycles. The molecule has 1 atom stereocenters. The van der Waals surface area contributed by atoms with Crippen molar-refractivity contribution in [2.75, 3.05) is 6.54 Å². The van der Waals surface area contributed by atoms with Crippen molar-refractivity contribution >= 4 is 22.8 Å². The first-order valence-corrected chi connectivity index (χ1v) is 10.1. The smallest absolute Gasteiger partial charge is 0.252 e. The molecule has 3 aromatic rings. The molecular formula is C23H28N4O2. The van der Waals surface area contributed by atoms with E-state index in [0.717, 1.165) is 29.4 Å². The summed E-state index contributed by atoms with van der Waals surface area (Å²) < 4.78 is 1.89. The normalized spacial score (nSPS) is 12.0. The van der Waals surface area contributed by atoms with Gasteiger partial charge in [0.1, 0.15) is 12.4 Å². The summed E-state index contributed by atoms with van der Waals surface area (Å²) in [6.07, 6.45) is 1.98. The van der Waals surface area contributed by atoms with Crippen LogP contribution in [0.4, 0.5) is 0 Å². The minimum Gasteiger partial charge on any atom is -0.355 e. The third-order valence-electron chi connectivity index (χ3n) is 4.96. The zero-order valence-corrected chi connectivity index (χ0v) is 17.2. The molecule has 3 rings (SSSR count). The molecule has 2 N–H and O–H groups in total. The molecule has 0 radical (unpaired) electrons. The summed E-state index contributed by atoms with van der Waals surface area (Å²) in [5, 5.41) is 5.98. The minimum atomic E-state index is -0.349. The maximum absolute atomic E-state index is 12.7. The molecule has 2 aromatic carbocycles. The zero-order chi connectivity index (χ0) is 20.8. The number of aryl methyl sites for hydroxylation is 1. The van der Waals surface area contributed by atoms with Crippen molar-refractivity contribution in [1.82, 2.24) is 20.2 Å². The van der Waals surface area contributed by atoms with Crippen LogP contribution in [-0.4, -0.2) is 27.9 Å². The van der Waals surface area contributed by atoms with E-state index in [1.807, 2.05) is 66.9 Å². The van der Waals surface area contributed by atoms with Crippen LogP contribution in [0.15, 0.2) is 48.5 Å². The summed E-state index contributed by atoms with van der Waals surface area (Å²) in [5.41, 5.74) is 3.24. The van der Waals surface area contributed by atoms with Gasteiger partial charge in [0.05, 0.1) is 17.1 Å². The molecule has 6 nitrogen and oxygen atoms in total. The average molecular weight is 393 g/mol. The van der Waals surface area contributed by atoms with Crippen LogP contribution < -0.4 is 10.6 Å². The fraction of sp³-hybridized carbons (Fsp3) is 0.348. The fourth-order valence-electron chi connectivity index (χ4n) is 3.36. The number of hydrogen-bond acceptors (Lipinski definition) is 3. The number of benzene rings is 2. The van der Waals surface area contributed by atoms with Crippen molar-refractivity contribution in [2.24, 2.45) is 0 Å². The average Bonchev–Trinajstić information content (AvgIpc) is 3.07. The SMILES string of the molecule is CCCCNC(=O)Cn1c(C(C)NC(=O)c2ccccc2C)nc2ccccc21. The summed E-state index contributed by atoms with van der Waals surface area (Å²) in [6.45, 7) is 6.73. The van der Waals surface area contributed by atoms with Gasteiger partial charge < -0.3 is 15.2 Å². The Bertz CT molecular complexity index is 1010. The van der Waals surface area contributed by atoms with Crippen LogP contribution in [0.3, 0.4) is 0 Å². The van der Waals surface area contributed by atoms with Gasteiger partial charge in [0, 0.05) is 12.1 Å². The molecule has 0 bridgehead atoms. The number of para-hydroxylation sites is 2. The van der Waals surface area contributed by atoms with E-state index >= 15 is 0 Å². The Morgan fingerprint density at radius 1 is 1.10 bits per heavy atom. The molecule has 0 aliphatic rings. The standard InChI is InChI=1S/C23H28N4O2/c1-4-5-14-24-21(28)15-27-20-13-9-8-12-19(20)26-22(27)17(3)25-23(29)18-11-7-6-10-16(18)2/h6-13,17H,4-5,14-15H2,1-3H3,(H,24,28)(H,25,29). The lowest BCUT2D eigenvalue weighted by Crippen LogP contribution is -2.32. The van der Waals surface area contributed by atoms with Crippen LogP contribution in [0.2, 0.25) is 0 Å². The lowest BCUT2D eigenvalue weighted by molar-refractivity contribution is -0.121. The molecule has 1 heterocycles. The van der Waals surface area contributed by atoms with Gasteiger partial charge >= 0.3 is 0 Å². The number of aromatic nitrogens is 2. The number of amides is 2. The van der Waals surface area contributed by atoms with Crippen molar-refractivity contribution < 1.29 is 9.59 Å².